The number of hydrogen-bond donors (Lipinski definition) is 1. The van der Waals surface area contributed by atoms with Crippen molar-refractivity contribution >= 4 is 10.1 Å². The zero-order chi connectivity index (χ0) is 23.1. The minimum absolute atomic E-state index is 0.229. The SMILES string of the molecule is CCCCCCCCCCOc1cccc(-c2ccc(OCCCCS(=O)(=O)O)cc2)c1. The largest absolute Gasteiger partial charge is 0.494 e. The highest BCUT2D eigenvalue weighted by Gasteiger charge is 2.04. The summed E-state index contributed by atoms with van der Waals surface area (Å²) in [7, 11) is -3.89. The van der Waals surface area contributed by atoms with Crippen LogP contribution in [0.4, 0.5) is 0 Å². The molecule has 2 aromatic carbocycles. The van der Waals surface area contributed by atoms with Crippen LogP contribution in [0.15, 0.2) is 48.5 Å². The zero-order valence-electron chi connectivity index (χ0n) is 19.3. The first-order valence-electron chi connectivity index (χ1n) is 11.9. The van der Waals surface area contributed by atoms with Gasteiger partial charge in [-0.15, -0.1) is 0 Å². The molecule has 0 spiro atoms. The number of hydrogen-bond acceptors (Lipinski definition) is 4. The Morgan fingerprint density at radius 3 is 1.94 bits per heavy atom. The molecule has 0 bridgehead atoms. The third-order valence-electron chi connectivity index (χ3n) is 5.35. The molecule has 0 aliphatic heterocycles. The third-order valence-corrected chi connectivity index (χ3v) is 6.16. The molecule has 0 atom stereocenters. The Hall–Kier alpha value is -2.05. The van der Waals surface area contributed by atoms with Gasteiger partial charge >= 0.3 is 0 Å². The summed E-state index contributed by atoms with van der Waals surface area (Å²) in [5.74, 6) is 1.40. The van der Waals surface area contributed by atoms with Gasteiger partial charge in [-0.3, -0.25) is 4.55 Å². The maximum absolute atomic E-state index is 10.7. The van der Waals surface area contributed by atoms with Crippen LogP contribution in [0.3, 0.4) is 0 Å². The Labute approximate surface area is 193 Å². The van der Waals surface area contributed by atoms with E-state index in [0.717, 1.165) is 35.7 Å². The monoisotopic (exact) mass is 462 g/mol. The summed E-state index contributed by atoms with van der Waals surface area (Å²) >= 11 is 0. The Morgan fingerprint density at radius 2 is 1.28 bits per heavy atom. The van der Waals surface area contributed by atoms with Crippen molar-refractivity contribution < 1.29 is 22.4 Å². The summed E-state index contributed by atoms with van der Waals surface area (Å²) in [6.07, 6.45) is 11.3. The lowest BCUT2D eigenvalue weighted by Gasteiger charge is -2.10. The maximum Gasteiger partial charge on any atom is 0.264 e. The van der Waals surface area contributed by atoms with Crippen LogP contribution < -0.4 is 9.47 Å². The molecular weight excluding hydrogens is 424 g/mol. The Morgan fingerprint density at radius 1 is 0.688 bits per heavy atom. The average molecular weight is 463 g/mol. The molecule has 0 aliphatic rings. The molecule has 0 amide bonds. The van der Waals surface area contributed by atoms with Gasteiger partial charge in [-0.05, 0) is 54.7 Å². The lowest BCUT2D eigenvalue weighted by molar-refractivity contribution is 0.304. The molecule has 5 nitrogen and oxygen atoms in total. The van der Waals surface area contributed by atoms with Gasteiger partial charge in [-0.2, -0.15) is 8.42 Å². The van der Waals surface area contributed by atoms with Crippen LogP contribution in [0.1, 0.15) is 71.1 Å². The van der Waals surface area contributed by atoms with Gasteiger partial charge in [0.15, 0.2) is 0 Å². The lowest BCUT2D eigenvalue weighted by Crippen LogP contribution is -2.06. The first-order chi connectivity index (χ1) is 15.5. The second-order valence-corrected chi connectivity index (χ2v) is 9.79. The molecular formula is C26H38O5S. The fourth-order valence-corrected chi connectivity index (χ4v) is 4.08. The highest BCUT2D eigenvalue weighted by Crippen LogP contribution is 2.26. The standard InChI is InChI=1S/C26H38O5S/c1-2-3-4-5-6-7-8-9-19-31-26-14-12-13-24(22-26)23-15-17-25(18-16-23)30-20-10-11-21-32(27,28)29/h12-18,22H,2-11,19-21H2,1H3,(H,27,28,29). The van der Waals surface area contributed by atoms with Crippen LogP contribution in [0.2, 0.25) is 0 Å². The molecule has 0 saturated heterocycles. The molecule has 0 fully saturated rings. The quantitative estimate of drug-likeness (QED) is 0.204. The fourth-order valence-electron chi connectivity index (χ4n) is 3.51. The highest BCUT2D eigenvalue weighted by molar-refractivity contribution is 7.85. The normalized spacial score (nSPS) is 11.4. The van der Waals surface area contributed by atoms with Crippen molar-refractivity contribution in [3.63, 3.8) is 0 Å². The molecule has 0 radical (unpaired) electrons. The van der Waals surface area contributed by atoms with Crippen molar-refractivity contribution in [3.05, 3.63) is 48.5 Å². The topological polar surface area (TPSA) is 72.8 Å². The molecule has 0 aromatic heterocycles. The van der Waals surface area contributed by atoms with Gasteiger partial charge in [-0.25, -0.2) is 0 Å². The molecule has 0 unspecified atom stereocenters. The van der Waals surface area contributed by atoms with Gasteiger partial charge in [0.2, 0.25) is 0 Å². The van der Waals surface area contributed by atoms with Crippen molar-refractivity contribution in [3.8, 4) is 22.6 Å². The maximum atomic E-state index is 10.7. The molecule has 178 valence electrons. The predicted molar refractivity (Wildman–Crippen MR) is 131 cm³/mol. The van der Waals surface area contributed by atoms with Gasteiger partial charge in [0.25, 0.3) is 10.1 Å². The molecule has 1 N–H and O–H groups in total. The van der Waals surface area contributed by atoms with Gasteiger partial charge in [0.1, 0.15) is 11.5 Å². The van der Waals surface area contributed by atoms with Crippen molar-refractivity contribution in [1.29, 1.82) is 0 Å². The zero-order valence-corrected chi connectivity index (χ0v) is 20.1. The summed E-state index contributed by atoms with van der Waals surface area (Å²) in [6, 6.07) is 16.0. The Balaban J connectivity index is 1.69. The van der Waals surface area contributed by atoms with E-state index in [-0.39, 0.29) is 5.75 Å². The number of rotatable bonds is 17. The van der Waals surface area contributed by atoms with E-state index < -0.39 is 10.1 Å². The fraction of sp³-hybridized carbons (Fsp3) is 0.538. The van der Waals surface area contributed by atoms with Gasteiger partial charge < -0.3 is 9.47 Å². The second kappa shape index (κ2) is 14.9. The van der Waals surface area contributed by atoms with Gasteiger partial charge in [0.05, 0.1) is 19.0 Å². The van der Waals surface area contributed by atoms with Gasteiger partial charge in [-0.1, -0.05) is 76.1 Å². The molecule has 2 rings (SSSR count). The highest BCUT2D eigenvalue weighted by atomic mass is 32.2. The van der Waals surface area contributed by atoms with Crippen molar-refractivity contribution in [2.45, 2.75) is 71.1 Å². The van der Waals surface area contributed by atoms with Crippen LogP contribution in [0, 0.1) is 0 Å². The summed E-state index contributed by atoms with van der Waals surface area (Å²) in [4.78, 5) is 0. The van der Waals surface area contributed by atoms with Crippen molar-refractivity contribution in [2.75, 3.05) is 19.0 Å². The average Bonchev–Trinajstić information content (AvgIpc) is 2.78. The van der Waals surface area contributed by atoms with Crippen LogP contribution in [-0.2, 0) is 10.1 Å². The molecule has 0 saturated carbocycles. The number of unbranched alkanes of at least 4 members (excludes halogenated alkanes) is 8. The smallest absolute Gasteiger partial charge is 0.264 e. The molecule has 32 heavy (non-hydrogen) atoms. The summed E-state index contributed by atoms with van der Waals surface area (Å²) in [5.41, 5.74) is 2.18. The Bertz CT molecular complexity index is 862. The van der Waals surface area contributed by atoms with E-state index in [0.29, 0.717) is 19.4 Å². The predicted octanol–water partition coefficient (Wildman–Crippen LogP) is 6.92. The first kappa shape index (κ1) is 26.2. The Kier molecular flexibility index (Phi) is 12.2. The van der Waals surface area contributed by atoms with Crippen molar-refractivity contribution in [2.24, 2.45) is 0 Å². The lowest BCUT2D eigenvalue weighted by atomic mass is 10.1. The minimum atomic E-state index is -3.89. The second-order valence-electron chi connectivity index (χ2n) is 8.22. The van der Waals surface area contributed by atoms with Crippen LogP contribution in [-0.4, -0.2) is 31.9 Å². The van der Waals surface area contributed by atoms with Crippen LogP contribution >= 0.6 is 0 Å². The van der Waals surface area contributed by atoms with E-state index >= 15 is 0 Å². The molecule has 0 heterocycles. The van der Waals surface area contributed by atoms with E-state index in [9.17, 15) is 8.42 Å². The van der Waals surface area contributed by atoms with Crippen molar-refractivity contribution in [1.82, 2.24) is 0 Å². The summed E-state index contributed by atoms with van der Waals surface area (Å²) in [6.45, 7) is 3.42. The molecule has 0 aliphatic carbocycles. The molecule has 6 heteroatoms. The van der Waals surface area contributed by atoms with E-state index in [1.54, 1.807) is 0 Å². The van der Waals surface area contributed by atoms with Crippen LogP contribution in [0.5, 0.6) is 11.5 Å². The molecule has 2 aromatic rings. The minimum Gasteiger partial charge on any atom is -0.494 e. The van der Waals surface area contributed by atoms with Crippen LogP contribution in [0.25, 0.3) is 11.1 Å². The first-order valence-corrected chi connectivity index (χ1v) is 13.5. The van der Waals surface area contributed by atoms with E-state index in [1.807, 2.05) is 36.4 Å². The number of benzene rings is 2. The van der Waals surface area contributed by atoms with Gasteiger partial charge in [0, 0.05) is 0 Å². The number of ether oxygens (including phenoxy) is 2. The third kappa shape index (κ3) is 11.5. The van der Waals surface area contributed by atoms with E-state index in [2.05, 4.69) is 19.1 Å². The summed E-state index contributed by atoms with van der Waals surface area (Å²) < 4.78 is 41.7. The summed E-state index contributed by atoms with van der Waals surface area (Å²) in [5, 5.41) is 0. The van der Waals surface area contributed by atoms with E-state index in [4.69, 9.17) is 14.0 Å². The van der Waals surface area contributed by atoms with E-state index in [1.165, 1.54) is 44.9 Å².